The second-order valence-corrected chi connectivity index (χ2v) is 9.11. The van der Waals surface area contributed by atoms with Gasteiger partial charge in [-0.2, -0.15) is 16.9 Å². The molecule has 2 amide bonds. The van der Waals surface area contributed by atoms with Crippen LogP contribution < -0.4 is 5.32 Å². The Balaban J connectivity index is 1.59. The molecule has 6 nitrogen and oxygen atoms in total. The minimum atomic E-state index is -0.575. The van der Waals surface area contributed by atoms with Crippen molar-refractivity contribution in [3.05, 3.63) is 41.1 Å². The second-order valence-electron chi connectivity index (χ2n) is 8.12. The fourth-order valence-corrected chi connectivity index (χ4v) is 5.18. The third-order valence-corrected chi connectivity index (χ3v) is 6.38. The van der Waals surface area contributed by atoms with Crippen LogP contribution in [0.25, 0.3) is 5.69 Å². The van der Waals surface area contributed by atoms with Gasteiger partial charge in [0, 0.05) is 30.2 Å². The lowest BCUT2D eigenvalue weighted by atomic mass is 9.92. The fourth-order valence-electron chi connectivity index (χ4n) is 4.15. The number of hydrogen-bond acceptors (Lipinski definition) is 4. The van der Waals surface area contributed by atoms with Crippen molar-refractivity contribution in [3.8, 4) is 5.69 Å². The molecule has 2 atom stereocenters. The summed E-state index contributed by atoms with van der Waals surface area (Å²) >= 11 is 1.77. The van der Waals surface area contributed by atoms with Gasteiger partial charge in [0.2, 0.25) is 0 Å². The number of carbonyl (C=O) groups is 2. The molecule has 1 saturated heterocycles. The topological polar surface area (TPSA) is 67.2 Å². The molecule has 1 aromatic carbocycles. The van der Waals surface area contributed by atoms with Gasteiger partial charge in [0.25, 0.3) is 0 Å². The van der Waals surface area contributed by atoms with Crippen LogP contribution in [0.2, 0.25) is 0 Å². The number of piperidine rings is 1. The number of aromatic nitrogens is 2. The summed E-state index contributed by atoms with van der Waals surface area (Å²) < 4.78 is 1.76. The molecule has 1 aromatic heterocycles. The molecule has 28 heavy (non-hydrogen) atoms. The maximum atomic E-state index is 12.8. The number of benzene rings is 1. The summed E-state index contributed by atoms with van der Waals surface area (Å²) in [7, 11) is 0. The molecule has 2 aliphatic rings. The third kappa shape index (κ3) is 3.68. The minimum Gasteiger partial charge on any atom is -0.334 e. The summed E-state index contributed by atoms with van der Waals surface area (Å²) in [4.78, 5) is 27.3. The number of aryl methyl sites for hydroxylation is 1. The van der Waals surface area contributed by atoms with Crippen molar-refractivity contribution in [2.45, 2.75) is 38.7 Å². The van der Waals surface area contributed by atoms with Gasteiger partial charge in [0.15, 0.2) is 0 Å². The van der Waals surface area contributed by atoms with E-state index in [-0.39, 0.29) is 0 Å². The molecule has 0 aliphatic carbocycles. The maximum Gasteiger partial charge on any atom is 0.315 e. The monoisotopic (exact) mass is 398 g/mol. The quantitative estimate of drug-likeness (QED) is 0.788. The number of hydrogen-bond donors (Lipinski definition) is 1. The Hall–Kier alpha value is -2.28. The maximum absolute atomic E-state index is 12.8. The van der Waals surface area contributed by atoms with Gasteiger partial charge in [0.1, 0.15) is 5.82 Å². The average Bonchev–Trinajstić information content (AvgIpc) is 3.23. The zero-order valence-corrected chi connectivity index (χ0v) is 17.4. The smallest absolute Gasteiger partial charge is 0.315 e. The lowest BCUT2D eigenvalue weighted by molar-refractivity contribution is -0.145. The lowest BCUT2D eigenvalue weighted by Gasteiger charge is -2.34. The van der Waals surface area contributed by atoms with Gasteiger partial charge in [-0.25, -0.2) is 4.68 Å². The largest absolute Gasteiger partial charge is 0.334 e. The van der Waals surface area contributed by atoms with Gasteiger partial charge in [0.05, 0.1) is 11.4 Å². The van der Waals surface area contributed by atoms with Crippen LogP contribution in [0.3, 0.4) is 0 Å². The second kappa shape index (κ2) is 7.62. The number of likely N-dealkylation sites (tertiary alicyclic amines) is 1. The summed E-state index contributed by atoms with van der Waals surface area (Å²) in [6.45, 7) is 7.57. The van der Waals surface area contributed by atoms with E-state index >= 15 is 0 Å². The van der Waals surface area contributed by atoms with Crippen molar-refractivity contribution >= 4 is 29.4 Å². The van der Waals surface area contributed by atoms with E-state index in [9.17, 15) is 9.59 Å². The number of thioether (sulfide) groups is 1. The predicted octanol–water partition coefficient (Wildman–Crippen LogP) is 3.37. The van der Waals surface area contributed by atoms with Crippen molar-refractivity contribution in [1.82, 2.24) is 14.7 Å². The van der Waals surface area contributed by atoms with Crippen LogP contribution in [-0.4, -0.2) is 39.6 Å². The SMILES string of the molecule is Cc1ccc(-n2nc3c(c2NC(=O)C(=O)N2C[C@H](C)C[C@@H](C)C2)CSC3)cc1. The Morgan fingerprint density at radius 3 is 2.46 bits per heavy atom. The van der Waals surface area contributed by atoms with E-state index in [0.29, 0.717) is 30.7 Å². The highest BCUT2D eigenvalue weighted by atomic mass is 32.2. The van der Waals surface area contributed by atoms with Gasteiger partial charge < -0.3 is 10.2 Å². The Morgan fingerprint density at radius 2 is 1.79 bits per heavy atom. The lowest BCUT2D eigenvalue weighted by Crippen LogP contribution is -2.47. The summed E-state index contributed by atoms with van der Waals surface area (Å²) in [5.74, 6) is 2.05. The molecule has 148 valence electrons. The Bertz CT molecular complexity index is 896. The highest BCUT2D eigenvalue weighted by Gasteiger charge is 2.31. The number of anilines is 1. The fraction of sp³-hybridized carbons (Fsp3) is 0.476. The van der Waals surface area contributed by atoms with Crippen LogP contribution in [0.5, 0.6) is 0 Å². The molecular weight excluding hydrogens is 372 g/mol. The molecule has 1 N–H and O–H groups in total. The van der Waals surface area contributed by atoms with Gasteiger partial charge in [-0.15, -0.1) is 0 Å². The average molecular weight is 399 g/mol. The number of amides is 2. The molecule has 0 spiro atoms. The Labute approximate surface area is 169 Å². The molecule has 0 radical (unpaired) electrons. The molecule has 4 rings (SSSR count). The van der Waals surface area contributed by atoms with E-state index in [0.717, 1.165) is 40.4 Å². The van der Waals surface area contributed by atoms with E-state index in [1.54, 1.807) is 21.3 Å². The van der Waals surface area contributed by atoms with E-state index in [2.05, 4.69) is 19.2 Å². The van der Waals surface area contributed by atoms with Crippen LogP contribution in [0.15, 0.2) is 24.3 Å². The van der Waals surface area contributed by atoms with Gasteiger partial charge >= 0.3 is 11.8 Å². The van der Waals surface area contributed by atoms with Crippen molar-refractivity contribution in [3.63, 3.8) is 0 Å². The number of nitrogens with zero attached hydrogens (tertiary/aromatic N) is 3. The van der Waals surface area contributed by atoms with E-state index in [1.807, 2.05) is 31.2 Å². The molecule has 3 heterocycles. The first kappa shape index (κ1) is 19.1. The van der Waals surface area contributed by atoms with Gasteiger partial charge in [-0.1, -0.05) is 31.5 Å². The van der Waals surface area contributed by atoms with Gasteiger partial charge in [-0.3, -0.25) is 9.59 Å². The molecular formula is C21H26N4O2S. The van der Waals surface area contributed by atoms with Crippen LogP contribution >= 0.6 is 11.8 Å². The number of fused-ring (bicyclic) bond motifs is 1. The zero-order chi connectivity index (χ0) is 19.8. The first-order valence-corrected chi connectivity index (χ1v) is 10.9. The minimum absolute atomic E-state index is 0.416. The van der Waals surface area contributed by atoms with Crippen LogP contribution in [-0.2, 0) is 21.1 Å². The van der Waals surface area contributed by atoms with Crippen molar-refractivity contribution < 1.29 is 9.59 Å². The molecule has 2 aliphatic heterocycles. The summed E-state index contributed by atoms with van der Waals surface area (Å²) in [6, 6.07) is 8.00. The van der Waals surface area contributed by atoms with Gasteiger partial charge in [-0.05, 0) is 37.3 Å². The third-order valence-electron chi connectivity index (χ3n) is 5.41. The molecule has 0 saturated carbocycles. The number of rotatable bonds is 2. The van der Waals surface area contributed by atoms with Crippen LogP contribution in [0.4, 0.5) is 5.82 Å². The van der Waals surface area contributed by atoms with E-state index in [4.69, 9.17) is 5.10 Å². The van der Waals surface area contributed by atoms with Crippen LogP contribution in [0.1, 0.15) is 37.1 Å². The predicted molar refractivity (Wildman–Crippen MR) is 111 cm³/mol. The van der Waals surface area contributed by atoms with Crippen LogP contribution in [0, 0.1) is 18.8 Å². The summed E-state index contributed by atoms with van der Waals surface area (Å²) in [5, 5.41) is 7.58. The molecule has 2 aromatic rings. The molecule has 0 unspecified atom stereocenters. The molecule has 1 fully saturated rings. The normalized spacial score (nSPS) is 21.5. The highest BCUT2D eigenvalue weighted by molar-refractivity contribution is 7.98. The van der Waals surface area contributed by atoms with E-state index < -0.39 is 11.8 Å². The number of carbonyl (C=O) groups excluding carboxylic acids is 2. The Morgan fingerprint density at radius 1 is 1.11 bits per heavy atom. The summed E-state index contributed by atoms with van der Waals surface area (Å²) in [6.07, 6.45) is 1.09. The Kier molecular flexibility index (Phi) is 5.19. The highest BCUT2D eigenvalue weighted by Crippen LogP contribution is 2.36. The van der Waals surface area contributed by atoms with Crippen molar-refractivity contribution in [2.24, 2.45) is 11.8 Å². The van der Waals surface area contributed by atoms with Crippen molar-refractivity contribution in [1.29, 1.82) is 0 Å². The molecule has 0 bridgehead atoms. The standard InChI is InChI=1S/C21H26N4O2S/c1-13-4-6-16(7-5-13)25-19(17-11-28-12-18(17)23-25)22-20(26)21(27)24-9-14(2)8-15(3)10-24/h4-7,14-15H,8-12H2,1-3H3,(H,22,26)/t14-,15-/m1/s1. The summed E-state index contributed by atoms with van der Waals surface area (Å²) in [5.41, 5.74) is 4.04. The first-order chi connectivity index (χ1) is 13.4. The first-order valence-electron chi connectivity index (χ1n) is 9.78. The zero-order valence-electron chi connectivity index (χ0n) is 16.6. The van der Waals surface area contributed by atoms with Crippen molar-refractivity contribution in [2.75, 3.05) is 18.4 Å². The molecule has 7 heteroatoms. The number of nitrogens with one attached hydrogen (secondary N) is 1. The van der Waals surface area contributed by atoms with E-state index in [1.165, 1.54) is 0 Å².